The van der Waals surface area contributed by atoms with Crippen molar-refractivity contribution in [1.29, 1.82) is 0 Å². The first-order valence-corrected chi connectivity index (χ1v) is 5.69. The van der Waals surface area contributed by atoms with Gasteiger partial charge in [-0.3, -0.25) is 0 Å². The minimum Gasteiger partial charge on any atom is -0.394 e. The lowest BCUT2D eigenvalue weighted by molar-refractivity contribution is 0.0899. The van der Waals surface area contributed by atoms with E-state index in [9.17, 15) is 5.11 Å². The van der Waals surface area contributed by atoms with Crippen LogP contribution in [0.1, 0.15) is 0 Å². The average molecular weight is 240 g/mol. The third-order valence-electron chi connectivity index (χ3n) is 2.29. The van der Waals surface area contributed by atoms with Crippen molar-refractivity contribution in [3.63, 3.8) is 0 Å². The van der Waals surface area contributed by atoms with Gasteiger partial charge in [0.1, 0.15) is 0 Å². The summed E-state index contributed by atoms with van der Waals surface area (Å²) in [7, 11) is 0. The number of nitrogens with one attached hydrogen (secondary N) is 2. The van der Waals surface area contributed by atoms with E-state index >= 15 is 0 Å². The van der Waals surface area contributed by atoms with Gasteiger partial charge in [0.15, 0.2) is 0 Å². The molecule has 1 aromatic rings. The molecule has 0 aliphatic carbocycles. The van der Waals surface area contributed by atoms with Crippen molar-refractivity contribution in [2.75, 3.05) is 31.6 Å². The molecule has 0 radical (unpaired) electrons. The molecule has 0 bridgehead atoms. The van der Waals surface area contributed by atoms with Gasteiger partial charge in [0, 0.05) is 25.3 Å². The highest BCUT2D eigenvalue weighted by Gasteiger charge is 2.05. The minimum atomic E-state index is -0.774. The van der Waals surface area contributed by atoms with E-state index in [-0.39, 0.29) is 13.2 Å². The van der Waals surface area contributed by atoms with Crippen LogP contribution in [0.2, 0.25) is 0 Å². The van der Waals surface area contributed by atoms with Crippen molar-refractivity contribution in [1.82, 2.24) is 5.32 Å². The van der Waals surface area contributed by atoms with E-state index in [1.165, 1.54) is 0 Å². The molecule has 1 aromatic carbocycles. The van der Waals surface area contributed by atoms with Gasteiger partial charge in [0.2, 0.25) is 0 Å². The maximum absolute atomic E-state index is 9.63. The predicted molar refractivity (Wildman–Crippen MR) is 66.9 cm³/mol. The zero-order valence-corrected chi connectivity index (χ0v) is 9.71. The van der Waals surface area contributed by atoms with Crippen LogP contribution in [0.15, 0.2) is 30.3 Å². The lowest BCUT2D eigenvalue weighted by atomic mass is 10.3. The second-order valence-electron chi connectivity index (χ2n) is 3.90. The van der Waals surface area contributed by atoms with Gasteiger partial charge in [-0.05, 0) is 12.1 Å². The average Bonchev–Trinajstić information content (AvgIpc) is 2.37. The van der Waals surface area contributed by atoms with Crippen LogP contribution in [0.5, 0.6) is 0 Å². The topological polar surface area (TPSA) is 84.8 Å². The Balaban J connectivity index is 2.11. The quantitative estimate of drug-likeness (QED) is 0.419. The normalized spacial score (nSPS) is 14.3. The molecule has 0 amide bonds. The van der Waals surface area contributed by atoms with Crippen LogP contribution >= 0.6 is 0 Å². The summed E-state index contributed by atoms with van der Waals surface area (Å²) in [5, 5.41) is 33.2. The molecule has 0 aromatic heterocycles. The lowest BCUT2D eigenvalue weighted by Gasteiger charge is -2.15. The maximum Gasteiger partial charge on any atom is 0.0894 e. The van der Waals surface area contributed by atoms with E-state index in [2.05, 4.69) is 10.6 Å². The fourth-order valence-corrected chi connectivity index (χ4v) is 1.34. The molecule has 0 aliphatic heterocycles. The Morgan fingerprint density at radius 3 is 2.24 bits per heavy atom. The summed E-state index contributed by atoms with van der Waals surface area (Å²) < 4.78 is 0. The van der Waals surface area contributed by atoms with Crippen molar-refractivity contribution >= 4 is 5.69 Å². The molecule has 0 saturated carbocycles. The Morgan fingerprint density at radius 2 is 1.59 bits per heavy atom. The zero-order valence-electron chi connectivity index (χ0n) is 9.71. The van der Waals surface area contributed by atoms with Crippen molar-refractivity contribution in [3.05, 3.63) is 30.3 Å². The van der Waals surface area contributed by atoms with Crippen LogP contribution < -0.4 is 10.6 Å². The fraction of sp³-hybridized carbons (Fsp3) is 0.500. The summed E-state index contributed by atoms with van der Waals surface area (Å²) in [4.78, 5) is 0. The van der Waals surface area contributed by atoms with Gasteiger partial charge in [-0.15, -0.1) is 0 Å². The Hall–Kier alpha value is -1.14. The largest absolute Gasteiger partial charge is 0.394 e. The number of anilines is 1. The predicted octanol–water partition coefficient (Wildman–Crippen LogP) is -0.598. The standard InChI is InChI=1S/C12H20N2O3/c15-9-12(17)7-13-6-11(16)8-14-10-4-2-1-3-5-10/h1-5,11-17H,6-9H2. The van der Waals surface area contributed by atoms with E-state index in [1.54, 1.807) is 0 Å². The SMILES string of the molecule is OCC(O)CNCC(O)CNc1ccccc1. The molecule has 5 heteroatoms. The first kappa shape index (κ1) is 13.9. The van der Waals surface area contributed by atoms with Crippen molar-refractivity contribution in [3.8, 4) is 0 Å². The number of rotatable bonds is 8. The van der Waals surface area contributed by atoms with Crippen LogP contribution in [0, 0.1) is 0 Å². The second kappa shape index (κ2) is 8.03. The first-order chi connectivity index (χ1) is 8.22. The van der Waals surface area contributed by atoms with Crippen LogP contribution in [-0.2, 0) is 0 Å². The van der Waals surface area contributed by atoms with Crippen LogP contribution in [0.3, 0.4) is 0 Å². The Bertz CT molecular complexity index is 295. The van der Waals surface area contributed by atoms with Gasteiger partial charge in [-0.1, -0.05) is 18.2 Å². The van der Waals surface area contributed by atoms with Gasteiger partial charge in [0.25, 0.3) is 0 Å². The summed E-state index contributed by atoms with van der Waals surface area (Å²) in [5.41, 5.74) is 0.960. The maximum atomic E-state index is 9.63. The molecule has 0 heterocycles. The summed E-state index contributed by atoms with van der Waals surface area (Å²) in [6, 6.07) is 9.62. The highest BCUT2D eigenvalue weighted by Crippen LogP contribution is 2.04. The number of hydrogen-bond acceptors (Lipinski definition) is 5. The number of benzene rings is 1. The number of hydrogen-bond donors (Lipinski definition) is 5. The first-order valence-electron chi connectivity index (χ1n) is 5.69. The van der Waals surface area contributed by atoms with Crippen LogP contribution in [0.25, 0.3) is 0 Å². The van der Waals surface area contributed by atoms with E-state index in [0.29, 0.717) is 13.1 Å². The molecule has 0 spiro atoms. The third-order valence-corrected chi connectivity index (χ3v) is 2.29. The molecule has 5 N–H and O–H groups in total. The third kappa shape index (κ3) is 6.23. The molecular formula is C12H20N2O3. The molecule has 96 valence electrons. The fourth-order valence-electron chi connectivity index (χ4n) is 1.34. The number of aliphatic hydroxyl groups is 3. The van der Waals surface area contributed by atoms with Gasteiger partial charge in [-0.25, -0.2) is 0 Å². The van der Waals surface area contributed by atoms with Crippen LogP contribution in [-0.4, -0.2) is 53.8 Å². The molecule has 1 rings (SSSR count). The molecule has 5 nitrogen and oxygen atoms in total. The van der Waals surface area contributed by atoms with Gasteiger partial charge >= 0.3 is 0 Å². The van der Waals surface area contributed by atoms with E-state index in [1.807, 2.05) is 30.3 Å². The Kier molecular flexibility index (Phi) is 6.57. The summed E-state index contributed by atoms with van der Waals surface area (Å²) in [5.74, 6) is 0. The molecule has 0 fully saturated rings. The zero-order chi connectivity index (χ0) is 12.5. The molecule has 2 unspecified atom stereocenters. The lowest BCUT2D eigenvalue weighted by Crippen LogP contribution is -2.37. The molecule has 2 atom stereocenters. The van der Waals surface area contributed by atoms with E-state index in [4.69, 9.17) is 10.2 Å². The Morgan fingerprint density at radius 1 is 0.941 bits per heavy atom. The van der Waals surface area contributed by atoms with E-state index < -0.39 is 12.2 Å². The molecular weight excluding hydrogens is 220 g/mol. The molecule has 0 saturated heterocycles. The minimum absolute atomic E-state index is 0.272. The highest BCUT2D eigenvalue weighted by molar-refractivity contribution is 5.42. The summed E-state index contributed by atoms with van der Waals surface area (Å²) >= 11 is 0. The van der Waals surface area contributed by atoms with Gasteiger partial charge in [-0.2, -0.15) is 0 Å². The summed E-state index contributed by atoms with van der Waals surface area (Å²) in [6.45, 7) is 0.813. The Labute approximate surface area is 101 Å². The van der Waals surface area contributed by atoms with Gasteiger partial charge < -0.3 is 26.0 Å². The second-order valence-corrected chi connectivity index (χ2v) is 3.90. The van der Waals surface area contributed by atoms with E-state index in [0.717, 1.165) is 5.69 Å². The number of aliphatic hydroxyl groups excluding tert-OH is 3. The summed E-state index contributed by atoms with van der Waals surface area (Å²) in [6.07, 6.45) is -1.31. The van der Waals surface area contributed by atoms with Gasteiger partial charge in [0.05, 0.1) is 18.8 Å². The highest BCUT2D eigenvalue weighted by atomic mass is 16.3. The van der Waals surface area contributed by atoms with Crippen molar-refractivity contribution < 1.29 is 15.3 Å². The molecule has 0 aliphatic rings. The van der Waals surface area contributed by atoms with Crippen molar-refractivity contribution in [2.45, 2.75) is 12.2 Å². The monoisotopic (exact) mass is 240 g/mol. The van der Waals surface area contributed by atoms with Crippen molar-refractivity contribution in [2.24, 2.45) is 0 Å². The molecule has 17 heavy (non-hydrogen) atoms. The van der Waals surface area contributed by atoms with Crippen LogP contribution in [0.4, 0.5) is 5.69 Å². The number of para-hydroxylation sites is 1. The smallest absolute Gasteiger partial charge is 0.0894 e.